The Balaban J connectivity index is 1.92. The summed E-state index contributed by atoms with van der Waals surface area (Å²) in [5.41, 5.74) is 3.70. The van der Waals surface area contributed by atoms with Crippen molar-refractivity contribution in [3.05, 3.63) is 47.0 Å². The molecule has 0 saturated carbocycles. The standard InChI is InChI=1S/C18H24N4O2/c1-21(16(12-24-3)15-10-6-7-11-19-15)18(23)17-13-8-4-5-9-14(13)20-22(17)2/h6-7,10-11,16H,4-5,8-9,12H2,1-3H3. The van der Waals surface area contributed by atoms with E-state index in [1.165, 1.54) is 0 Å². The van der Waals surface area contributed by atoms with Gasteiger partial charge in [-0.2, -0.15) is 5.10 Å². The molecule has 1 amide bonds. The summed E-state index contributed by atoms with van der Waals surface area (Å²) in [4.78, 5) is 19.3. The van der Waals surface area contributed by atoms with Gasteiger partial charge in [-0.25, -0.2) is 0 Å². The highest BCUT2D eigenvalue weighted by Gasteiger charge is 2.30. The van der Waals surface area contributed by atoms with Crippen LogP contribution in [0.5, 0.6) is 0 Å². The largest absolute Gasteiger partial charge is 0.382 e. The first kappa shape index (κ1) is 16.6. The van der Waals surface area contributed by atoms with Crippen molar-refractivity contribution in [1.29, 1.82) is 0 Å². The van der Waals surface area contributed by atoms with E-state index < -0.39 is 0 Å². The Labute approximate surface area is 142 Å². The number of aromatic nitrogens is 3. The molecule has 0 radical (unpaired) electrons. The fourth-order valence-electron chi connectivity index (χ4n) is 3.38. The van der Waals surface area contributed by atoms with Gasteiger partial charge in [0.05, 0.1) is 24.0 Å². The molecule has 2 heterocycles. The van der Waals surface area contributed by atoms with Crippen molar-refractivity contribution in [2.75, 3.05) is 20.8 Å². The number of methoxy groups -OCH3 is 1. The predicted octanol–water partition coefficient (Wildman–Crippen LogP) is 2.15. The Kier molecular flexibility index (Phi) is 4.94. The van der Waals surface area contributed by atoms with Crippen molar-refractivity contribution in [1.82, 2.24) is 19.7 Å². The van der Waals surface area contributed by atoms with Crippen LogP contribution >= 0.6 is 0 Å². The minimum atomic E-state index is -0.224. The summed E-state index contributed by atoms with van der Waals surface area (Å²) in [6.07, 6.45) is 5.89. The van der Waals surface area contributed by atoms with Gasteiger partial charge in [0.25, 0.3) is 5.91 Å². The van der Waals surface area contributed by atoms with E-state index in [2.05, 4.69) is 10.1 Å². The summed E-state index contributed by atoms with van der Waals surface area (Å²) in [7, 11) is 5.30. The van der Waals surface area contributed by atoms with Crippen molar-refractivity contribution in [3.63, 3.8) is 0 Å². The second-order valence-corrected chi connectivity index (χ2v) is 6.25. The number of hydrogen-bond acceptors (Lipinski definition) is 4. The quantitative estimate of drug-likeness (QED) is 0.844. The average molecular weight is 328 g/mol. The predicted molar refractivity (Wildman–Crippen MR) is 90.8 cm³/mol. The molecule has 24 heavy (non-hydrogen) atoms. The maximum absolute atomic E-state index is 13.2. The Morgan fingerprint density at radius 3 is 2.88 bits per heavy atom. The Morgan fingerprint density at radius 2 is 2.17 bits per heavy atom. The van der Waals surface area contributed by atoms with E-state index in [1.54, 1.807) is 22.9 Å². The van der Waals surface area contributed by atoms with Gasteiger partial charge in [0.1, 0.15) is 5.69 Å². The lowest BCUT2D eigenvalue weighted by molar-refractivity contribution is 0.0583. The number of rotatable bonds is 5. The van der Waals surface area contributed by atoms with Gasteiger partial charge in [0, 0.05) is 33.0 Å². The van der Waals surface area contributed by atoms with Crippen LogP contribution in [0.2, 0.25) is 0 Å². The molecule has 0 bridgehead atoms. The van der Waals surface area contributed by atoms with Crippen LogP contribution in [0.4, 0.5) is 0 Å². The molecule has 6 nitrogen and oxygen atoms in total. The highest BCUT2D eigenvalue weighted by atomic mass is 16.5. The molecule has 1 unspecified atom stereocenters. The van der Waals surface area contributed by atoms with E-state index in [1.807, 2.05) is 32.3 Å². The van der Waals surface area contributed by atoms with E-state index in [0.29, 0.717) is 12.3 Å². The molecule has 2 aromatic heterocycles. The smallest absolute Gasteiger partial charge is 0.272 e. The number of likely N-dealkylation sites (N-methyl/N-ethyl adjacent to an activating group) is 1. The normalized spacial score (nSPS) is 15.0. The highest BCUT2D eigenvalue weighted by Crippen LogP contribution is 2.27. The van der Waals surface area contributed by atoms with Crippen LogP contribution in [0.25, 0.3) is 0 Å². The summed E-state index contributed by atoms with van der Waals surface area (Å²) in [6.45, 7) is 0.402. The van der Waals surface area contributed by atoms with E-state index in [9.17, 15) is 4.79 Å². The van der Waals surface area contributed by atoms with Crippen molar-refractivity contribution >= 4 is 5.91 Å². The zero-order chi connectivity index (χ0) is 17.1. The van der Waals surface area contributed by atoms with Gasteiger partial charge in [-0.1, -0.05) is 6.07 Å². The zero-order valence-electron chi connectivity index (χ0n) is 14.5. The third kappa shape index (κ3) is 3.06. The Bertz CT molecular complexity index is 711. The van der Waals surface area contributed by atoms with Crippen molar-refractivity contribution < 1.29 is 9.53 Å². The highest BCUT2D eigenvalue weighted by molar-refractivity contribution is 5.94. The molecule has 0 fully saturated rings. The first-order valence-corrected chi connectivity index (χ1v) is 8.35. The summed E-state index contributed by atoms with van der Waals surface area (Å²) in [5.74, 6) is -0.0270. The first-order chi connectivity index (χ1) is 11.6. The van der Waals surface area contributed by atoms with Crippen LogP contribution in [0, 0.1) is 0 Å². The molecule has 3 rings (SSSR count). The molecular formula is C18H24N4O2. The average Bonchev–Trinajstić information content (AvgIpc) is 2.95. The third-order valence-corrected chi connectivity index (χ3v) is 4.66. The minimum Gasteiger partial charge on any atom is -0.382 e. The Morgan fingerprint density at radius 1 is 1.38 bits per heavy atom. The van der Waals surface area contributed by atoms with Crippen LogP contribution in [-0.4, -0.2) is 46.3 Å². The third-order valence-electron chi connectivity index (χ3n) is 4.66. The summed E-state index contributed by atoms with van der Waals surface area (Å²) in [6, 6.07) is 5.49. The van der Waals surface area contributed by atoms with Crippen LogP contribution in [0.1, 0.15) is 46.3 Å². The number of carbonyl (C=O) groups excluding carboxylic acids is 1. The lowest BCUT2D eigenvalue weighted by Gasteiger charge is -2.27. The van der Waals surface area contributed by atoms with Crippen LogP contribution in [-0.2, 0) is 24.6 Å². The molecule has 0 aliphatic heterocycles. The molecule has 1 aliphatic rings. The van der Waals surface area contributed by atoms with E-state index in [-0.39, 0.29) is 11.9 Å². The molecule has 1 aliphatic carbocycles. The number of hydrogen-bond donors (Lipinski definition) is 0. The fraction of sp³-hybridized carbons (Fsp3) is 0.500. The van der Waals surface area contributed by atoms with Gasteiger partial charge in [0.2, 0.25) is 0 Å². The second-order valence-electron chi connectivity index (χ2n) is 6.25. The Hall–Kier alpha value is -2.21. The second kappa shape index (κ2) is 7.13. The summed E-state index contributed by atoms with van der Waals surface area (Å²) >= 11 is 0. The van der Waals surface area contributed by atoms with Crippen molar-refractivity contribution in [3.8, 4) is 0 Å². The number of amides is 1. The van der Waals surface area contributed by atoms with Crippen molar-refractivity contribution in [2.24, 2.45) is 7.05 Å². The van der Waals surface area contributed by atoms with E-state index in [4.69, 9.17) is 4.74 Å². The topological polar surface area (TPSA) is 60.2 Å². The lowest BCUT2D eigenvalue weighted by Crippen LogP contribution is -2.36. The fourth-order valence-corrected chi connectivity index (χ4v) is 3.38. The van der Waals surface area contributed by atoms with E-state index in [0.717, 1.165) is 42.6 Å². The number of ether oxygens (including phenoxy) is 1. The van der Waals surface area contributed by atoms with Gasteiger partial charge in [-0.15, -0.1) is 0 Å². The van der Waals surface area contributed by atoms with Crippen LogP contribution in [0.3, 0.4) is 0 Å². The van der Waals surface area contributed by atoms with Crippen LogP contribution in [0.15, 0.2) is 24.4 Å². The van der Waals surface area contributed by atoms with Gasteiger partial charge in [-0.05, 0) is 37.8 Å². The van der Waals surface area contributed by atoms with E-state index >= 15 is 0 Å². The molecule has 0 spiro atoms. The molecule has 6 heteroatoms. The van der Waals surface area contributed by atoms with Crippen molar-refractivity contribution in [2.45, 2.75) is 31.7 Å². The lowest BCUT2D eigenvalue weighted by atomic mass is 9.95. The number of nitrogens with zero attached hydrogens (tertiary/aromatic N) is 4. The van der Waals surface area contributed by atoms with Gasteiger partial charge >= 0.3 is 0 Å². The molecule has 1 atom stereocenters. The SMILES string of the molecule is COCC(c1ccccn1)N(C)C(=O)c1c2c(nn1C)CCCC2. The monoisotopic (exact) mass is 328 g/mol. The number of aryl methyl sites for hydroxylation is 2. The molecule has 0 aromatic carbocycles. The zero-order valence-corrected chi connectivity index (χ0v) is 14.5. The van der Waals surface area contributed by atoms with Gasteiger partial charge in [-0.3, -0.25) is 14.5 Å². The summed E-state index contributed by atoms with van der Waals surface area (Å²) in [5, 5.41) is 4.55. The van der Waals surface area contributed by atoms with Gasteiger partial charge < -0.3 is 9.64 Å². The minimum absolute atomic E-state index is 0.0270. The molecule has 0 N–H and O–H groups in total. The first-order valence-electron chi connectivity index (χ1n) is 8.35. The molecule has 0 saturated heterocycles. The van der Waals surface area contributed by atoms with Gasteiger partial charge in [0.15, 0.2) is 0 Å². The maximum Gasteiger partial charge on any atom is 0.272 e. The molecular weight excluding hydrogens is 304 g/mol. The number of fused-ring (bicyclic) bond motifs is 1. The molecule has 128 valence electrons. The van der Waals surface area contributed by atoms with Crippen LogP contribution < -0.4 is 0 Å². The molecule has 2 aromatic rings. The summed E-state index contributed by atoms with van der Waals surface area (Å²) < 4.78 is 7.07. The number of pyridine rings is 1. The number of carbonyl (C=O) groups is 1. The maximum atomic E-state index is 13.2.